The Hall–Kier alpha value is -0.800. The highest BCUT2D eigenvalue weighted by atomic mass is 35.5. The van der Waals surface area contributed by atoms with Gasteiger partial charge in [-0.3, -0.25) is 4.98 Å². The van der Waals surface area contributed by atoms with Crippen molar-refractivity contribution in [1.29, 1.82) is 0 Å². The Kier molecular flexibility index (Phi) is 4.84. The Balaban J connectivity index is 1.89. The molecule has 1 unspecified atom stereocenters. The van der Waals surface area contributed by atoms with Crippen molar-refractivity contribution < 1.29 is 0 Å². The zero-order valence-corrected chi connectivity index (χ0v) is 12.0. The number of halogens is 1. The van der Waals surface area contributed by atoms with Crippen molar-refractivity contribution in [2.24, 2.45) is 5.92 Å². The predicted molar refractivity (Wildman–Crippen MR) is 77.2 cm³/mol. The van der Waals surface area contributed by atoms with Gasteiger partial charge in [0.25, 0.3) is 0 Å². The summed E-state index contributed by atoms with van der Waals surface area (Å²) in [5, 5.41) is 4.25. The highest BCUT2D eigenvalue weighted by molar-refractivity contribution is 6.33. The quantitative estimate of drug-likeness (QED) is 0.908. The van der Waals surface area contributed by atoms with E-state index in [1.165, 1.54) is 32.5 Å². The Morgan fingerprint density at radius 1 is 1.50 bits per heavy atom. The number of piperidine rings is 1. The Morgan fingerprint density at radius 2 is 2.22 bits per heavy atom. The van der Waals surface area contributed by atoms with Crippen LogP contribution in [0.2, 0.25) is 5.02 Å². The van der Waals surface area contributed by atoms with Gasteiger partial charge in [0.2, 0.25) is 0 Å². The molecule has 0 saturated carbocycles. The van der Waals surface area contributed by atoms with E-state index in [-0.39, 0.29) is 0 Å². The molecule has 4 heteroatoms. The van der Waals surface area contributed by atoms with E-state index in [9.17, 15) is 0 Å². The molecule has 2 rings (SSSR count). The van der Waals surface area contributed by atoms with Crippen molar-refractivity contribution in [2.75, 3.05) is 25.0 Å². The lowest BCUT2D eigenvalue weighted by molar-refractivity contribution is 0.183. The number of nitrogens with one attached hydrogen (secondary N) is 1. The fourth-order valence-corrected chi connectivity index (χ4v) is 2.78. The van der Waals surface area contributed by atoms with Crippen LogP contribution in [-0.4, -0.2) is 35.6 Å². The molecule has 1 aliphatic rings. The summed E-state index contributed by atoms with van der Waals surface area (Å²) in [6, 6.07) is 2.28. The highest BCUT2D eigenvalue weighted by Crippen LogP contribution is 2.26. The Morgan fingerprint density at radius 3 is 2.83 bits per heavy atom. The minimum atomic E-state index is 0.450. The third-order valence-corrected chi connectivity index (χ3v) is 4.27. The largest absolute Gasteiger partial charge is 0.380 e. The summed E-state index contributed by atoms with van der Waals surface area (Å²) in [6.07, 6.45) is 6.05. The monoisotopic (exact) mass is 267 g/mol. The fourth-order valence-electron chi connectivity index (χ4n) is 2.62. The first-order chi connectivity index (χ1) is 8.70. The molecule has 100 valence electrons. The SMILES string of the molecule is CCN1CCC(C(C)Nc2cnccc2Cl)CC1. The van der Waals surface area contributed by atoms with E-state index in [0.717, 1.165) is 16.6 Å². The molecule has 3 nitrogen and oxygen atoms in total. The van der Waals surface area contributed by atoms with Crippen LogP contribution in [0, 0.1) is 5.92 Å². The van der Waals surface area contributed by atoms with E-state index in [1.807, 2.05) is 6.07 Å². The zero-order valence-electron chi connectivity index (χ0n) is 11.2. The van der Waals surface area contributed by atoms with Gasteiger partial charge in [0, 0.05) is 12.2 Å². The van der Waals surface area contributed by atoms with Crippen molar-refractivity contribution in [1.82, 2.24) is 9.88 Å². The average Bonchev–Trinajstić information content (AvgIpc) is 2.41. The normalized spacial score (nSPS) is 19.7. The number of likely N-dealkylation sites (tertiary alicyclic amines) is 1. The van der Waals surface area contributed by atoms with Crippen molar-refractivity contribution in [2.45, 2.75) is 32.7 Å². The van der Waals surface area contributed by atoms with Crippen LogP contribution < -0.4 is 5.32 Å². The van der Waals surface area contributed by atoms with Gasteiger partial charge in [0.1, 0.15) is 0 Å². The van der Waals surface area contributed by atoms with Crippen molar-refractivity contribution in [3.05, 3.63) is 23.5 Å². The molecule has 18 heavy (non-hydrogen) atoms. The minimum absolute atomic E-state index is 0.450. The van der Waals surface area contributed by atoms with Crippen molar-refractivity contribution in [3.63, 3.8) is 0 Å². The van der Waals surface area contributed by atoms with Crippen molar-refractivity contribution in [3.8, 4) is 0 Å². The molecule has 0 aliphatic carbocycles. The molecular weight excluding hydrogens is 246 g/mol. The van der Waals surface area contributed by atoms with E-state index in [2.05, 4.69) is 29.0 Å². The zero-order chi connectivity index (χ0) is 13.0. The average molecular weight is 268 g/mol. The van der Waals surface area contributed by atoms with Gasteiger partial charge in [0.05, 0.1) is 16.9 Å². The van der Waals surface area contributed by atoms with E-state index in [0.29, 0.717) is 6.04 Å². The Labute approximate surface area is 115 Å². The van der Waals surface area contributed by atoms with Gasteiger partial charge in [-0.25, -0.2) is 0 Å². The maximum atomic E-state index is 6.14. The van der Waals surface area contributed by atoms with Crippen LogP contribution in [0.3, 0.4) is 0 Å². The number of aromatic nitrogens is 1. The molecular formula is C14H22ClN3. The molecule has 1 aliphatic heterocycles. The third-order valence-electron chi connectivity index (χ3n) is 3.94. The summed E-state index contributed by atoms with van der Waals surface area (Å²) < 4.78 is 0. The van der Waals surface area contributed by atoms with Crippen LogP contribution in [0.4, 0.5) is 5.69 Å². The predicted octanol–water partition coefficient (Wildman–Crippen LogP) is 3.27. The van der Waals surface area contributed by atoms with Gasteiger partial charge in [-0.05, 0) is 51.4 Å². The molecule has 1 saturated heterocycles. The van der Waals surface area contributed by atoms with E-state index >= 15 is 0 Å². The number of anilines is 1. The molecule has 0 radical (unpaired) electrons. The van der Waals surface area contributed by atoms with Crippen LogP contribution in [0.1, 0.15) is 26.7 Å². The minimum Gasteiger partial charge on any atom is -0.380 e. The van der Waals surface area contributed by atoms with Gasteiger partial charge < -0.3 is 10.2 Å². The summed E-state index contributed by atoms with van der Waals surface area (Å²) >= 11 is 6.14. The van der Waals surface area contributed by atoms with Crippen LogP contribution in [0.5, 0.6) is 0 Å². The maximum absolute atomic E-state index is 6.14. The first kappa shape index (κ1) is 13.6. The number of hydrogen-bond donors (Lipinski definition) is 1. The van der Waals surface area contributed by atoms with Crippen LogP contribution in [0.15, 0.2) is 18.5 Å². The smallest absolute Gasteiger partial charge is 0.0718 e. The summed E-state index contributed by atoms with van der Waals surface area (Å²) in [5.74, 6) is 0.726. The van der Waals surface area contributed by atoms with Gasteiger partial charge in [-0.2, -0.15) is 0 Å². The fraction of sp³-hybridized carbons (Fsp3) is 0.643. The van der Waals surface area contributed by atoms with E-state index in [4.69, 9.17) is 11.6 Å². The molecule has 0 amide bonds. The molecule has 1 N–H and O–H groups in total. The first-order valence-electron chi connectivity index (χ1n) is 6.79. The number of nitrogens with zero attached hydrogens (tertiary/aromatic N) is 2. The van der Waals surface area contributed by atoms with Gasteiger partial charge >= 0.3 is 0 Å². The second kappa shape index (κ2) is 6.39. The van der Waals surface area contributed by atoms with Gasteiger partial charge in [-0.15, -0.1) is 0 Å². The second-order valence-electron chi connectivity index (χ2n) is 5.06. The Bertz CT molecular complexity index is 375. The van der Waals surface area contributed by atoms with Gasteiger partial charge in [-0.1, -0.05) is 18.5 Å². The molecule has 1 atom stereocenters. The van der Waals surface area contributed by atoms with Crippen LogP contribution in [-0.2, 0) is 0 Å². The third kappa shape index (κ3) is 3.36. The molecule has 0 bridgehead atoms. The molecule has 0 aromatic carbocycles. The number of rotatable bonds is 4. The summed E-state index contributed by atoms with van der Waals surface area (Å²) in [6.45, 7) is 8.08. The topological polar surface area (TPSA) is 28.2 Å². The molecule has 1 aromatic heterocycles. The first-order valence-corrected chi connectivity index (χ1v) is 7.17. The number of hydrogen-bond acceptors (Lipinski definition) is 3. The van der Waals surface area contributed by atoms with Crippen LogP contribution >= 0.6 is 11.6 Å². The summed E-state index contributed by atoms with van der Waals surface area (Å²) in [5.41, 5.74) is 0.949. The maximum Gasteiger partial charge on any atom is 0.0718 e. The lowest BCUT2D eigenvalue weighted by atomic mass is 9.90. The van der Waals surface area contributed by atoms with Gasteiger partial charge in [0.15, 0.2) is 0 Å². The summed E-state index contributed by atoms with van der Waals surface area (Å²) in [7, 11) is 0. The molecule has 0 spiro atoms. The van der Waals surface area contributed by atoms with E-state index < -0.39 is 0 Å². The summed E-state index contributed by atoms with van der Waals surface area (Å²) in [4.78, 5) is 6.63. The molecule has 2 heterocycles. The van der Waals surface area contributed by atoms with E-state index in [1.54, 1.807) is 12.4 Å². The highest BCUT2D eigenvalue weighted by Gasteiger charge is 2.23. The lowest BCUT2D eigenvalue weighted by Gasteiger charge is -2.34. The second-order valence-corrected chi connectivity index (χ2v) is 5.47. The molecule has 1 fully saturated rings. The standard InChI is InChI=1S/C14H22ClN3/c1-3-18-8-5-12(6-9-18)11(2)17-14-10-16-7-4-13(14)15/h4,7,10-12,17H,3,5-6,8-9H2,1-2H3. The van der Waals surface area contributed by atoms with Crippen LogP contribution in [0.25, 0.3) is 0 Å². The molecule has 1 aromatic rings. The number of pyridine rings is 1. The lowest BCUT2D eigenvalue weighted by Crippen LogP contribution is -2.39. The van der Waals surface area contributed by atoms with Crippen molar-refractivity contribution >= 4 is 17.3 Å².